The third-order valence-corrected chi connectivity index (χ3v) is 8.27. The van der Waals surface area contributed by atoms with E-state index in [-0.39, 0.29) is 0 Å². The first kappa shape index (κ1) is 35.0. The quantitative estimate of drug-likeness (QED) is 0.111. The second kappa shape index (κ2) is 23.4. The zero-order valence-electron chi connectivity index (χ0n) is 27.3. The van der Waals surface area contributed by atoms with E-state index in [0.29, 0.717) is 12.1 Å². The highest BCUT2D eigenvalue weighted by Gasteiger charge is 2.15. The molecule has 0 bridgehead atoms. The van der Waals surface area contributed by atoms with Gasteiger partial charge in [0.05, 0.1) is 5.69 Å². The molecule has 232 valence electrons. The summed E-state index contributed by atoms with van der Waals surface area (Å²) >= 11 is 0. The molecule has 2 atom stereocenters. The van der Waals surface area contributed by atoms with Gasteiger partial charge in [0.2, 0.25) is 0 Å². The van der Waals surface area contributed by atoms with Gasteiger partial charge >= 0.3 is 0 Å². The van der Waals surface area contributed by atoms with Crippen LogP contribution in [0.5, 0.6) is 11.5 Å². The molecule has 0 radical (unpaired) electrons. The van der Waals surface area contributed by atoms with Crippen LogP contribution in [0.1, 0.15) is 156 Å². The van der Waals surface area contributed by atoms with E-state index in [4.69, 9.17) is 4.74 Å². The van der Waals surface area contributed by atoms with E-state index in [1.54, 1.807) is 0 Å². The minimum atomic E-state index is 0.397. The van der Waals surface area contributed by atoms with Gasteiger partial charge in [-0.3, -0.25) is 0 Å². The van der Waals surface area contributed by atoms with Crippen molar-refractivity contribution in [2.75, 3.05) is 10.6 Å². The van der Waals surface area contributed by atoms with Crippen LogP contribution in [0.4, 0.5) is 11.4 Å². The molecule has 0 aliphatic rings. The Labute approximate surface area is 254 Å². The van der Waals surface area contributed by atoms with E-state index in [2.05, 4.69) is 56.5 Å². The number of ether oxygens (including phenoxy) is 1. The van der Waals surface area contributed by atoms with E-state index in [9.17, 15) is 0 Å². The van der Waals surface area contributed by atoms with E-state index in [1.165, 1.54) is 128 Å². The second-order valence-corrected chi connectivity index (χ2v) is 12.4. The van der Waals surface area contributed by atoms with Crippen LogP contribution in [0.3, 0.4) is 0 Å². The molecule has 2 aromatic rings. The van der Waals surface area contributed by atoms with Gasteiger partial charge in [0.15, 0.2) is 5.75 Å². The van der Waals surface area contributed by atoms with Crippen molar-refractivity contribution in [3.8, 4) is 11.5 Å². The molecule has 0 aliphatic carbocycles. The highest BCUT2D eigenvalue weighted by molar-refractivity contribution is 5.76. The molecule has 0 saturated carbocycles. The number of para-hydroxylation sites is 2. The summed E-state index contributed by atoms with van der Waals surface area (Å²) in [6.07, 6.45) is 27.1. The summed E-state index contributed by atoms with van der Waals surface area (Å²) in [5, 5.41) is 7.68. The van der Waals surface area contributed by atoms with Crippen LogP contribution in [0.2, 0.25) is 0 Å². The Balaban J connectivity index is 1.85. The summed E-state index contributed by atoms with van der Waals surface area (Å²) in [5.41, 5.74) is 2.25. The average Bonchev–Trinajstić information content (AvgIpc) is 2.97. The van der Waals surface area contributed by atoms with Crippen molar-refractivity contribution in [2.45, 2.75) is 168 Å². The van der Waals surface area contributed by atoms with Crippen molar-refractivity contribution >= 4 is 11.4 Å². The molecule has 3 heteroatoms. The lowest BCUT2D eigenvalue weighted by molar-refractivity contribution is 0.483. The molecule has 0 fully saturated rings. The molecule has 2 rings (SSSR count). The van der Waals surface area contributed by atoms with Gasteiger partial charge in [0, 0.05) is 12.1 Å². The minimum absolute atomic E-state index is 0.397. The fourth-order valence-corrected chi connectivity index (χ4v) is 5.68. The van der Waals surface area contributed by atoms with Crippen LogP contribution in [0.25, 0.3) is 0 Å². The molecule has 2 unspecified atom stereocenters. The number of hydrogen-bond acceptors (Lipinski definition) is 3. The molecular weight excluding hydrogens is 500 g/mol. The minimum Gasteiger partial charge on any atom is -0.455 e. The first-order valence-corrected chi connectivity index (χ1v) is 17.5. The summed E-state index contributed by atoms with van der Waals surface area (Å²) in [6, 6.07) is 17.4. The van der Waals surface area contributed by atoms with Gasteiger partial charge in [-0.2, -0.15) is 0 Å². The highest BCUT2D eigenvalue weighted by Crippen LogP contribution is 2.37. The summed E-state index contributed by atoms with van der Waals surface area (Å²) in [6.45, 7) is 9.23. The zero-order valence-corrected chi connectivity index (χ0v) is 27.3. The maximum Gasteiger partial charge on any atom is 0.152 e. The van der Waals surface area contributed by atoms with Crippen LogP contribution in [0.15, 0.2) is 48.5 Å². The lowest BCUT2D eigenvalue weighted by atomic mass is 10.0. The van der Waals surface area contributed by atoms with E-state index in [1.807, 2.05) is 30.3 Å². The average molecular weight is 565 g/mol. The fourth-order valence-electron chi connectivity index (χ4n) is 5.68. The number of nitrogens with one attached hydrogen (secondary N) is 2. The van der Waals surface area contributed by atoms with Gasteiger partial charge in [-0.25, -0.2) is 0 Å². The Hall–Kier alpha value is -2.16. The largest absolute Gasteiger partial charge is 0.455 e. The molecule has 0 aromatic heterocycles. The van der Waals surface area contributed by atoms with Crippen molar-refractivity contribution in [3.05, 3.63) is 48.5 Å². The Kier molecular flexibility index (Phi) is 20.0. The summed E-state index contributed by atoms with van der Waals surface area (Å²) in [4.78, 5) is 0. The van der Waals surface area contributed by atoms with Crippen LogP contribution >= 0.6 is 0 Å². The first-order chi connectivity index (χ1) is 20.1. The van der Waals surface area contributed by atoms with Gasteiger partial charge < -0.3 is 15.4 Å². The number of benzene rings is 2. The van der Waals surface area contributed by atoms with Gasteiger partial charge in [-0.1, -0.05) is 154 Å². The predicted molar refractivity (Wildman–Crippen MR) is 183 cm³/mol. The molecule has 2 N–H and O–H groups in total. The standard InChI is InChI=1S/C38H64N2O/c1-5-7-9-11-13-15-17-19-22-27-33(3)39-36-31-26-32-37(41-35-29-24-21-25-30-35)38(36)40-34(4)28-23-20-18-16-14-12-10-8-6-2/h21,24-26,29-34,39-40H,5-20,22-23,27-28H2,1-4H3. The molecular formula is C38H64N2O. The molecule has 0 heterocycles. The lowest BCUT2D eigenvalue weighted by Crippen LogP contribution is -2.20. The Morgan fingerprint density at radius 2 is 0.976 bits per heavy atom. The molecule has 3 nitrogen and oxygen atoms in total. The van der Waals surface area contributed by atoms with Crippen LogP contribution < -0.4 is 15.4 Å². The van der Waals surface area contributed by atoms with Crippen LogP contribution in [-0.4, -0.2) is 12.1 Å². The predicted octanol–water partition coefficient (Wildman–Crippen LogP) is 12.9. The molecule has 0 saturated heterocycles. The van der Waals surface area contributed by atoms with E-state index >= 15 is 0 Å². The summed E-state index contributed by atoms with van der Waals surface area (Å²) in [5.74, 6) is 1.78. The molecule has 2 aromatic carbocycles. The van der Waals surface area contributed by atoms with E-state index in [0.717, 1.165) is 22.9 Å². The van der Waals surface area contributed by atoms with Crippen molar-refractivity contribution in [2.24, 2.45) is 0 Å². The van der Waals surface area contributed by atoms with Crippen molar-refractivity contribution < 1.29 is 4.74 Å². The Morgan fingerprint density at radius 1 is 0.512 bits per heavy atom. The summed E-state index contributed by atoms with van der Waals surface area (Å²) in [7, 11) is 0. The molecule has 0 aliphatic heterocycles. The van der Waals surface area contributed by atoms with Gasteiger partial charge in [-0.15, -0.1) is 0 Å². The second-order valence-electron chi connectivity index (χ2n) is 12.4. The maximum absolute atomic E-state index is 6.39. The number of anilines is 2. The number of rotatable bonds is 26. The smallest absolute Gasteiger partial charge is 0.152 e. The third kappa shape index (κ3) is 16.8. The fraction of sp³-hybridized carbons (Fsp3) is 0.684. The molecule has 0 amide bonds. The van der Waals surface area contributed by atoms with Gasteiger partial charge in [-0.05, 0) is 51.0 Å². The van der Waals surface area contributed by atoms with Crippen LogP contribution in [0, 0.1) is 0 Å². The van der Waals surface area contributed by atoms with Gasteiger partial charge in [0.25, 0.3) is 0 Å². The monoisotopic (exact) mass is 565 g/mol. The van der Waals surface area contributed by atoms with Crippen molar-refractivity contribution in [1.29, 1.82) is 0 Å². The normalized spacial score (nSPS) is 12.7. The SMILES string of the molecule is CCCCCCCCCCCC(C)Nc1cccc(Oc2ccccc2)c1NC(C)CCCCCCCCCCC. The number of hydrogen-bond donors (Lipinski definition) is 2. The summed E-state index contributed by atoms with van der Waals surface area (Å²) < 4.78 is 6.39. The van der Waals surface area contributed by atoms with Gasteiger partial charge in [0.1, 0.15) is 11.4 Å². The van der Waals surface area contributed by atoms with E-state index < -0.39 is 0 Å². The molecule has 41 heavy (non-hydrogen) atoms. The lowest BCUT2D eigenvalue weighted by Gasteiger charge is -2.24. The van der Waals surface area contributed by atoms with Crippen LogP contribution in [-0.2, 0) is 0 Å². The Bertz CT molecular complexity index is 868. The first-order valence-electron chi connectivity index (χ1n) is 17.5. The zero-order chi connectivity index (χ0) is 29.4. The Morgan fingerprint density at radius 3 is 1.49 bits per heavy atom. The molecule has 0 spiro atoms. The maximum atomic E-state index is 6.39. The topological polar surface area (TPSA) is 33.3 Å². The third-order valence-electron chi connectivity index (χ3n) is 8.27. The highest BCUT2D eigenvalue weighted by atomic mass is 16.5. The number of unbranched alkanes of at least 4 members (excludes halogenated alkanes) is 16. The van der Waals surface area contributed by atoms with Crippen molar-refractivity contribution in [1.82, 2.24) is 0 Å². The van der Waals surface area contributed by atoms with Crippen molar-refractivity contribution in [3.63, 3.8) is 0 Å².